The second-order valence-electron chi connectivity index (χ2n) is 8.13. The molecule has 2 N–H and O–H groups in total. The summed E-state index contributed by atoms with van der Waals surface area (Å²) >= 11 is 6.71. The normalized spacial score (nSPS) is 16.9. The summed E-state index contributed by atoms with van der Waals surface area (Å²) in [4.78, 5) is 33.5. The fourth-order valence-corrected chi connectivity index (χ4v) is 5.25. The number of pyridine rings is 1. The SMILES string of the molecule is CC[C@@H](CO)Nc1nc2c(C)cccn2c(=O)c1/C=C1\SC(=S)N([C@H](C)c2ccccc2)C1=O. The van der Waals surface area contributed by atoms with E-state index in [1.807, 2.05) is 57.2 Å². The average molecular weight is 495 g/mol. The number of nitrogens with zero attached hydrogens (tertiary/aromatic N) is 3. The molecule has 1 aliphatic heterocycles. The molecule has 0 aliphatic carbocycles. The van der Waals surface area contributed by atoms with Crippen LogP contribution in [0.4, 0.5) is 5.82 Å². The number of thioether (sulfide) groups is 1. The highest BCUT2D eigenvalue weighted by molar-refractivity contribution is 8.26. The number of aliphatic hydroxyl groups is 1. The molecule has 7 nitrogen and oxygen atoms in total. The number of aliphatic hydroxyl groups excluding tert-OH is 1. The number of aryl methyl sites for hydroxylation is 1. The van der Waals surface area contributed by atoms with Crippen molar-refractivity contribution < 1.29 is 9.90 Å². The van der Waals surface area contributed by atoms with Gasteiger partial charge in [-0.3, -0.25) is 18.9 Å². The molecule has 3 aromatic rings. The summed E-state index contributed by atoms with van der Waals surface area (Å²) in [7, 11) is 0. The van der Waals surface area contributed by atoms with Crippen LogP contribution in [0.2, 0.25) is 0 Å². The molecule has 1 amide bonds. The number of nitrogens with one attached hydrogen (secondary N) is 1. The highest BCUT2D eigenvalue weighted by Crippen LogP contribution is 2.38. The van der Waals surface area contributed by atoms with E-state index in [1.54, 1.807) is 23.2 Å². The molecule has 176 valence electrons. The fourth-order valence-electron chi connectivity index (χ4n) is 3.85. The van der Waals surface area contributed by atoms with Crippen molar-refractivity contribution in [3.8, 4) is 0 Å². The molecule has 1 aromatic carbocycles. The molecule has 34 heavy (non-hydrogen) atoms. The van der Waals surface area contributed by atoms with E-state index in [0.29, 0.717) is 27.1 Å². The van der Waals surface area contributed by atoms with Crippen LogP contribution in [0.25, 0.3) is 11.7 Å². The number of benzene rings is 1. The molecule has 0 spiro atoms. The summed E-state index contributed by atoms with van der Waals surface area (Å²) < 4.78 is 1.91. The minimum Gasteiger partial charge on any atom is -0.394 e. The van der Waals surface area contributed by atoms with Gasteiger partial charge in [0.1, 0.15) is 15.8 Å². The van der Waals surface area contributed by atoms with Gasteiger partial charge < -0.3 is 10.4 Å². The van der Waals surface area contributed by atoms with Gasteiger partial charge in [-0.05, 0) is 43.5 Å². The van der Waals surface area contributed by atoms with Gasteiger partial charge in [0, 0.05) is 6.20 Å². The highest BCUT2D eigenvalue weighted by atomic mass is 32.2. The van der Waals surface area contributed by atoms with Crippen molar-refractivity contribution in [1.82, 2.24) is 14.3 Å². The summed E-state index contributed by atoms with van der Waals surface area (Å²) in [5.41, 5.74) is 2.28. The first kappa shape index (κ1) is 24.1. The van der Waals surface area contributed by atoms with Crippen molar-refractivity contribution in [2.45, 2.75) is 39.3 Å². The Balaban J connectivity index is 1.80. The molecule has 1 fully saturated rings. The lowest BCUT2D eigenvalue weighted by Crippen LogP contribution is -2.31. The van der Waals surface area contributed by atoms with E-state index in [1.165, 1.54) is 16.2 Å². The number of amides is 1. The smallest absolute Gasteiger partial charge is 0.267 e. The molecule has 0 radical (unpaired) electrons. The van der Waals surface area contributed by atoms with Crippen LogP contribution in [0.5, 0.6) is 0 Å². The predicted octanol–water partition coefficient (Wildman–Crippen LogP) is 4.15. The topological polar surface area (TPSA) is 86.9 Å². The van der Waals surface area contributed by atoms with Crippen molar-refractivity contribution >= 4 is 51.7 Å². The van der Waals surface area contributed by atoms with Crippen LogP contribution in [-0.2, 0) is 4.79 Å². The Morgan fingerprint density at radius 2 is 1.94 bits per heavy atom. The molecular formula is C25H26N4O3S2. The van der Waals surface area contributed by atoms with Crippen LogP contribution < -0.4 is 10.9 Å². The van der Waals surface area contributed by atoms with Crippen molar-refractivity contribution in [3.05, 3.63) is 80.6 Å². The first-order valence-electron chi connectivity index (χ1n) is 11.1. The van der Waals surface area contributed by atoms with Crippen LogP contribution >= 0.6 is 24.0 Å². The molecule has 1 aliphatic rings. The maximum atomic E-state index is 13.5. The van der Waals surface area contributed by atoms with Crippen LogP contribution in [0.15, 0.2) is 58.4 Å². The molecule has 2 aromatic heterocycles. The fraction of sp³-hybridized carbons (Fsp3) is 0.280. The zero-order valence-corrected chi connectivity index (χ0v) is 20.8. The number of hydrogen-bond donors (Lipinski definition) is 2. The lowest BCUT2D eigenvalue weighted by Gasteiger charge is -2.23. The summed E-state index contributed by atoms with van der Waals surface area (Å²) in [6.07, 6.45) is 3.86. The highest BCUT2D eigenvalue weighted by Gasteiger charge is 2.36. The first-order chi connectivity index (χ1) is 16.3. The first-order valence-corrected chi connectivity index (χ1v) is 12.3. The second-order valence-corrected chi connectivity index (χ2v) is 9.81. The molecule has 3 heterocycles. The van der Waals surface area contributed by atoms with Gasteiger partial charge in [0.2, 0.25) is 0 Å². The van der Waals surface area contributed by atoms with Crippen molar-refractivity contribution in [2.75, 3.05) is 11.9 Å². The van der Waals surface area contributed by atoms with Crippen molar-refractivity contribution in [3.63, 3.8) is 0 Å². The minimum absolute atomic E-state index is 0.110. The lowest BCUT2D eigenvalue weighted by molar-refractivity contribution is -0.123. The number of aromatic nitrogens is 2. The Labute approximate surface area is 207 Å². The predicted molar refractivity (Wildman–Crippen MR) is 141 cm³/mol. The maximum absolute atomic E-state index is 13.5. The number of hydrogen-bond acceptors (Lipinski definition) is 7. The van der Waals surface area contributed by atoms with E-state index in [9.17, 15) is 14.7 Å². The molecule has 0 saturated carbocycles. The molecule has 9 heteroatoms. The Bertz CT molecular complexity index is 1330. The largest absolute Gasteiger partial charge is 0.394 e. The summed E-state index contributed by atoms with van der Waals surface area (Å²) in [6, 6.07) is 12.8. The van der Waals surface area contributed by atoms with Gasteiger partial charge in [-0.2, -0.15) is 0 Å². The standard InChI is InChI=1S/C25H26N4O3S2/c1-4-18(14-30)26-21-19(23(31)28-12-8-9-15(2)22(28)27-21)13-20-24(32)29(25(33)34-20)16(3)17-10-6-5-7-11-17/h5-13,16,18,26,30H,4,14H2,1-3H3/b20-13-/t16-,18+/m1/s1. The van der Waals surface area contributed by atoms with E-state index in [-0.39, 0.29) is 35.7 Å². The molecule has 0 unspecified atom stereocenters. The van der Waals surface area contributed by atoms with Gasteiger partial charge in [-0.1, -0.05) is 67.3 Å². The average Bonchev–Trinajstić information content (AvgIpc) is 3.12. The second kappa shape index (κ2) is 10.1. The number of anilines is 1. The monoisotopic (exact) mass is 494 g/mol. The third kappa shape index (κ3) is 4.51. The van der Waals surface area contributed by atoms with E-state index in [0.717, 1.165) is 11.1 Å². The minimum atomic E-state index is -0.301. The zero-order valence-electron chi connectivity index (χ0n) is 19.2. The quantitative estimate of drug-likeness (QED) is 0.377. The number of rotatable bonds is 7. The van der Waals surface area contributed by atoms with Crippen molar-refractivity contribution in [1.29, 1.82) is 0 Å². The van der Waals surface area contributed by atoms with E-state index in [4.69, 9.17) is 12.2 Å². The summed E-state index contributed by atoms with van der Waals surface area (Å²) in [5, 5.41) is 12.9. The number of thiocarbonyl (C=S) groups is 1. The summed E-state index contributed by atoms with van der Waals surface area (Å²) in [6.45, 7) is 5.63. The Morgan fingerprint density at radius 3 is 2.62 bits per heavy atom. The van der Waals surface area contributed by atoms with Crippen LogP contribution in [0, 0.1) is 6.92 Å². The molecular weight excluding hydrogens is 468 g/mol. The van der Waals surface area contributed by atoms with Crippen LogP contribution in [0.3, 0.4) is 0 Å². The van der Waals surface area contributed by atoms with Crippen LogP contribution in [-0.4, -0.2) is 42.3 Å². The Morgan fingerprint density at radius 1 is 1.21 bits per heavy atom. The number of carbonyl (C=O) groups is 1. The van der Waals surface area contributed by atoms with Crippen LogP contribution in [0.1, 0.15) is 43.0 Å². The van der Waals surface area contributed by atoms with Gasteiger partial charge >= 0.3 is 0 Å². The van der Waals surface area contributed by atoms with Gasteiger partial charge in [-0.15, -0.1) is 0 Å². The van der Waals surface area contributed by atoms with E-state index in [2.05, 4.69) is 10.3 Å². The van der Waals surface area contributed by atoms with Gasteiger partial charge in [0.25, 0.3) is 11.5 Å². The zero-order chi connectivity index (χ0) is 24.4. The third-order valence-electron chi connectivity index (χ3n) is 5.91. The lowest BCUT2D eigenvalue weighted by atomic mass is 10.1. The van der Waals surface area contributed by atoms with Gasteiger partial charge in [0.15, 0.2) is 0 Å². The van der Waals surface area contributed by atoms with Crippen molar-refractivity contribution in [2.24, 2.45) is 0 Å². The van der Waals surface area contributed by atoms with Gasteiger partial charge in [0.05, 0.1) is 29.2 Å². The third-order valence-corrected chi connectivity index (χ3v) is 7.24. The molecule has 2 atom stereocenters. The Kier molecular flexibility index (Phi) is 7.16. The number of carbonyl (C=O) groups excluding carboxylic acids is 1. The van der Waals surface area contributed by atoms with Gasteiger partial charge in [-0.25, -0.2) is 4.98 Å². The summed E-state index contributed by atoms with van der Waals surface area (Å²) in [5.74, 6) is 0.0850. The molecule has 1 saturated heterocycles. The maximum Gasteiger partial charge on any atom is 0.267 e. The Hall–Kier alpha value is -3.01. The molecule has 0 bridgehead atoms. The molecule has 4 rings (SSSR count). The number of fused-ring (bicyclic) bond motifs is 1. The van der Waals surface area contributed by atoms with E-state index < -0.39 is 0 Å². The van der Waals surface area contributed by atoms with E-state index >= 15 is 0 Å².